The van der Waals surface area contributed by atoms with Gasteiger partial charge in [0, 0.05) is 0 Å². The summed E-state index contributed by atoms with van der Waals surface area (Å²) in [5.74, 6) is 0.674. The third-order valence-corrected chi connectivity index (χ3v) is 4.05. The molecule has 2 aromatic heterocycles. The number of anilines is 2. The number of rotatable bonds is 2. The molecule has 1 aromatic carbocycles. The molecule has 2 heterocycles. The summed E-state index contributed by atoms with van der Waals surface area (Å²) < 4.78 is 0. The third-order valence-electron chi connectivity index (χ3n) is 2.76. The van der Waals surface area contributed by atoms with Gasteiger partial charge in [-0.25, -0.2) is 4.98 Å². The van der Waals surface area contributed by atoms with Crippen LogP contribution >= 0.6 is 34.5 Å². The molecule has 0 unspecified atom stereocenters. The lowest BCUT2D eigenvalue weighted by Crippen LogP contribution is -1.98. The standard InChI is InChI=1S/C13H9Cl2N3S/c1-7-3-2-4-9(14)10(7)16-11-8-5-6-19-12(8)18-13(15)17-11/h2-6H,1H3,(H,16,17,18). The van der Waals surface area contributed by atoms with Crippen molar-refractivity contribution < 1.29 is 0 Å². The van der Waals surface area contributed by atoms with Gasteiger partial charge in [0.1, 0.15) is 10.6 Å². The maximum atomic E-state index is 6.21. The molecular formula is C13H9Cl2N3S. The van der Waals surface area contributed by atoms with Gasteiger partial charge in [0.15, 0.2) is 0 Å². The highest BCUT2D eigenvalue weighted by Gasteiger charge is 2.11. The van der Waals surface area contributed by atoms with Crippen molar-refractivity contribution in [1.82, 2.24) is 9.97 Å². The van der Waals surface area contributed by atoms with Gasteiger partial charge in [-0.3, -0.25) is 0 Å². The number of hydrogen-bond acceptors (Lipinski definition) is 4. The Morgan fingerprint density at radius 3 is 2.79 bits per heavy atom. The van der Waals surface area contributed by atoms with E-state index in [2.05, 4.69) is 15.3 Å². The van der Waals surface area contributed by atoms with Crippen LogP contribution in [0.5, 0.6) is 0 Å². The average Bonchev–Trinajstić information content (AvgIpc) is 2.81. The molecule has 96 valence electrons. The summed E-state index contributed by atoms with van der Waals surface area (Å²) in [6.07, 6.45) is 0. The van der Waals surface area contributed by atoms with Gasteiger partial charge in [-0.15, -0.1) is 11.3 Å². The number of aromatic nitrogens is 2. The number of hydrogen-bond donors (Lipinski definition) is 1. The van der Waals surface area contributed by atoms with E-state index in [0.29, 0.717) is 10.8 Å². The van der Waals surface area contributed by atoms with Crippen molar-refractivity contribution in [2.45, 2.75) is 6.92 Å². The highest BCUT2D eigenvalue weighted by molar-refractivity contribution is 7.16. The van der Waals surface area contributed by atoms with E-state index in [0.717, 1.165) is 21.5 Å². The van der Waals surface area contributed by atoms with Crippen LogP contribution in [-0.2, 0) is 0 Å². The zero-order valence-corrected chi connectivity index (χ0v) is 12.3. The number of fused-ring (bicyclic) bond motifs is 1. The monoisotopic (exact) mass is 309 g/mol. The number of nitrogens with one attached hydrogen (secondary N) is 1. The Hall–Kier alpha value is -1.36. The molecule has 0 aliphatic carbocycles. The first-order valence-electron chi connectivity index (χ1n) is 5.58. The first-order valence-corrected chi connectivity index (χ1v) is 7.21. The van der Waals surface area contributed by atoms with Crippen molar-refractivity contribution >= 4 is 56.3 Å². The normalized spacial score (nSPS) is 10.9. The summed E-state index contributed by atoms with van der Waals surface area (Å²) in [5, 5.41) is 7.02. The van der Waals surface area contributed by atoms with Crippen LogP contribution in [0.1, 0.15) is 5.56 Å². The van der Waals surface area contributed by atoms with E-state index in [9.17, 15) is 0 Å². The average molecular weight is 310 g/mol. The highest BCUT2D eigenvalue weighted by atomic mass is 35.5. The Balaban J connectivity index is 2.13. The molecule has 0 fully saturated rings. The molecule has 0 spiro atoms. The number of nitrogens with zero attached hydrogens (tertiary/aromatic N) is 2. The third kappa shape index (κ3) is 2.39. The minimum Gasteiger partial charge on any atom is -0.338 e. The molecule has 3 aromatic rings. The van der Waals surface area contributed by atoms with E-state index in [1.54, 1.807) is 0 Å². The largest absolute Gasteiger partial charge is 0.338 e. The smallest absolute Gasteiger partial charge is 0.225 e. The Bertz CT molecular complexity index is 734. The number of halogens is 2. The van der Waals surface area contributed by atoms with E-state index < -0.39 is 0 Å². The fourth-order valence-electron chi connectivity index (χ4n) is 1.83. The summed E-state index contributed by atoms with van der Waals surface area (Å²) in [4.78, 5) is 9.28. The molecule has 19 heavy (non-hydrogen) atoms. The molecule has 0 atom stereocenters. The van der Waals surface area contributed by atoms with Gasteiger partial charge in [0.2, 0.25) is 5.28 Å². The second kappa shape index (κ2) is 4.96. The highest BCUT2D eigenvalue weighted by Crippen LogP contribution is 2.32. The predicted molar refractivity (Wildman–Crippen MR) is 81.9 cm³/mol. The molecule has 0 amide bonds. The molecule has 0 bridgehead atoms. The summed E-state index contributed by atoms with van der Waals surface area (Å²) >= 11 is 13.7. The number of benzene rings is 1. The number of thiophene rings is 1. The molecule has 0 radical (unpaired) electrons. The SMILES string of the molecule is Cc1cccc(Cl)c1Nc1nc(Cl)nc2sccc12. The van der Waals surface area contributed by atoms with Gasteiger partial charge in [-0.05, 0) is 41.6 Å². The van der Waals surface area contributed by atoms with E-state index in [1.165, 1.54) is 11.3 Å². The van der Waals surface area contributed by atoms with E-state index >= 15 is 0 Å². The van der Waals surface area contributed by atoms with Crippen molar-refractivity contribution in [3.63, 3.8) is 0 Å². The van der Waals surface area contributed by atoms with Crippen molar-refractivity contribution in [3.05, 3.63) is 45.5 Å². The first kappa shape index (κ1) is 12.7. The van der Waals surface area contributed by atoms with Crippen LogP contribution in [0.15, 0.2) is 29.6 Å². The minimum atomic E-state index is 0.224. The fraction of sp³-hybridized carbons (Fsp3) is 0.0769. The van der Waals surface area contributed by atoms with Gasteiger partial charge in [0.05, 0.1) is 16.1 Å². The zero-order valence-electron chi connectivity index (χ0n) is 9.95. The van der Waals surface area contributed by atoms with Crippen LogP contribution in [0.3, 0.4) is 0 Å². The Morgan fingerprint density at radius 2 is 2.00 bits per heavy atom. The van der Waals surface area contributed by atoms with Crippen molar-refractivity contribution in [3.8, 4) is 0 Å². The maximum absolute atomic E-state index is 6.21. The lowest BCUT2D eigenvalue weighted by Gasteiger charge is -2.11. The van der Waals surface area contributed by atoms with Crippen molar-refractivity contribution in [1.29, 1.82) is 0 Å². The van der Waals surface area contributed by atoms with Crippen LogP contribution in [0.4, 0.5) is 11.5 Å². The first-order chi connectivity index (χ1) is 9.15. The van der Waals surface area contributed by atoms with Gasteiger partial charge < -0.3 is 5.32 Å². The molecule has 0 aliphatic heterocycles. The second-order valence-electron chi connectivity index (χ2n) is 4.04. The second-order valence-corrected chi connectivity index (χ2v) is 5.68. The Labute approximate surface area is 124 Å². The van der Waals surface area contributed by atoms with Crippen LogP contribution in [0.2, 0.25) is 10.3 Å². The maximum Gasteiger partial charge on any atom is 0.225 e. The summed E-state index contributed by atoms with van der Waals surface area (Å²) in [7, 11) is 0. The topological polar surface area (TPSA) is 37.8 Å². The van der Waals surface area contributed by atoms with Crippen LogP contribution in [0, 0.1) is 6.92 Å². The minimum absolute atomic E-state index is 0.224. The lowest BCUT2D eigenvalue weighted by atomic mass is 10.2. The molecule has 1 N–H and O–H groups in total. The van der Waals surface area contributed by atoms with E-state index in [4.69, 9.17) is 23.2 Å². The number of aryl methyl sites for hydroxylation is 1. The van der Waals surface area contributed by atoms with Crippen molar-refractivity contribution in [2.75, 3.05) is 5.32 Å². The number of para-hydroxylation sites is 1. The molecule has 3 nitrogen and oxygen atoms in total. The lowest BCUT2D eigenvalue weighted by molar-refractivity contribution is 1.23. The quantitative estimate of drug-likeness (QED) is 0.673. The molecule has 0 aliphatic rings. The van der Waals surface area contributed by atoms with Gasteiger partial charge in [0.25, 0.3) is 0 Å². The Kier molecular flexibility index (Phi) is 3.31. The van der Waals surface area contributed by atoms with Crippen LogP contribution < -0.4 is 5.32 Å². The molecule has 0 saturated heterocycles. The molecule has 0 saturated carbocycles. The predicted octanol–water partition coefficient (Wildman–Crippen LogP) is 5.05. The van der Waals surface area contributed by atoms with Crippen LogP contribution in [0.25, 0.3) is 10.2 Å². The Morgan fingerprint density at radius 1 is 1.16 bits per heavy atom. The van der Waals surface area contributed by atoms with E-state index in [1.807, 2.05) is 36.6 Å². The van der Waals surface area contributed by atoms with E-state index in [-0.39, 0.29) is 5.28 Å². The summed E-state index contributed by atoms with van der Waals surface area (Å²) in [6, 6.07) is 7.70. The summed E-state index contributed by atoms with van der Waals surface area (Å²) in [5.41, 5.74) is 1.89. The molecule has 6 heteroatoms. The summed E-state index contributed by atoms with van der Waals surface area (Å²) in [6.45, 7) is 1.99. The van der Waals surface area contributed by atoms with Crippen LogP contribution in [-0.4, -0.2) is 9.97 Å². The van der Waals surface area contributed by atoms with Gasteiger partial charge >= 0.3 is 0 Å². The van der Waals surface area contributed by atoms with Gasteiger partial charge in [-0.1, -0.05) is 23.7 Å². The van der Waals surface area contributed by atoms with Gasteiger partial charge in [-0.2, -0.15) is 4.98 Å². The van der Waals surface area contributed by atoms with Crippen molar-refractivity contribution in [2.24, 2.45) is 0 Å². The fourth-order valence-corrected chi connectivity index (χ4v) is 3.09. The zero-order chi connectivity index (χ0) is 13.4. The molecular weight excluding hydrogens is 301 g/mol. The molecule has 3 rings (SSSR count).